The fraction of sp³-hybridized carbons (Fsp3) is 0.389. The Kier molecular flexibility index (Phi) is 5.41. The van der Waals surface area contributed by atoms with Crippen molar-refractivity contribution in [1.82, 2.24) is 15.0 Å². The average Bonchev–Trinajstić information content (AvgIpc) is 3.16. The van der Waals surface area contributed by atoms with E-state index in [2.05, 4.69) is 15.6 Å². The van der Waals surface area contributed by atoms with Gasteiger partial charge in [0, 0.05) is 48.0 Å². The average molecular weight is 377 g/mol. The van der Waals surface area contributed by atoms with Crippen LogP contribution in [0.15, 0.2) is 36.5 Å². The summed E-state index contributed by atoms with van der Waals surface area (Å²) in [7, 11) is 0. The van der Waals surface area contributed by atoms with E-state index in [0.29, 0.717) is 35.7 Å². The molecule has 138 valence electrons. The van der Waals surface area contributed by atoms with Crippen LogP contribution in [0.4, 0.5) is 5.69 Å². The molecule has 2 atom stereocenters. The third-order valence-electron chi connectivity index (χ3n) is 4.55. The van der Waals surface area contributed by atoms with Gasteiger partial charge in [0.15, 0.2) is 5.60 Å². The zero-order valence-corrected chi connectivity index (χ0v) is 15.1. The van der Waals surface area contributed by atoms with Crippen LogP contribution >= 0.6 is 11.6 Å². The van der Waals surface area contributed by atoms with Gasteiger partial charge in [0.25, 0.3) is 5.91 Å². The number of aliphatic hydroxyl groups is 2. The summed E-state index contributed by atoms with van der Waals surface area (Å²) < 4.78 is 1.70. The highest BCUT2D eigenvalue weighted by molar-refractivity contribution is 6.31. The van der Waals surface area contributed by atoms with Crippen molar-refractivity contribution in [1.29, 1.82) is 0 Å². The molecule has 26 heavy (non-hydrogen) atoms. The molecule has 0 radical (unpaired) electrons. The number of aliphatic hydroxyl groups excluding tert-OH is 1. The van der Waals surface area contributed by atoms with Crippen LogP contribution in [0, 0.1) is 5.92 Å². The summed E-state index contributed by atoms with van der Waals surface area (Å²) in [5, 5.41) is 31.0. The summed E-state index contributed by atoms with van der Waals surface area (Å²) >= 11 is 6.02. The van der Waals surface area contributed by atoms with Gasteiger partial charge in [0.2, 0.25) is 0 Å². The molecule has 3 N–H and O–H groups in total. The summed E-state index contributed by atoms with van der Waals surface area (Å²) in [6.45, 7) is 2.46. The highest BCUT2D eigenvalue weighted by Crippen LogP contribution is 2.42. The highest BCUT2D eigenvalue weighted by atomic mass is 35.5. The molecule has 1 aliphatic rings. The molecular weight excluding hydrogens is 356 g/mol. The topological polar surface area (TPSA) is 100 Å². The third kappa shape index (κ3) is 3.51. The number of rotatable bonds is 7. The second-order valence-corrected chi connectivity index (χ2v) is 6.80. The number of aryl methyl sites for hydroxylation is 1. The molecule has 1 aromatic heterocycles. The van der Waals surface area contributed by atoms with Gasteiger partial charge in [-0.15, -0.1) is 5.10 Å². The molecule has 0 spiro atoms. The van der Waals surface area contributed by atoms with Gasteiger partial charge in [0.05, 0.1) is 5.69 Å². The lowest BCUT2D eigenvalue weighted by atomic mass is 9.83. The van der Waals surface area contributed by atoms with Crippen LogP contribution in [0.2, 0.25) is 5.02 Å². The number of carbonyl (C=O) groups excluding carboxylic acids is 1. The van der Waals surface area contributed by atoms with E-state index in [1.807, 2.05) is 12.2 Å². The summed E-state index contributed by atoms with van der Waals surface area (Å²) in [6, 6.07) is 4.99. The molecule has 1 aliphatic heterocycles. The van der Waals surface area contributed by atoms with Crippen molar-refractivity contribution in [2.45, 2.75) is 31.9 Å². The minimum atomic E-state index is -1.64. The number of carbonyl (C=O) groups is 1. The van der Waals surface area contributed by atoms with Crippen molar-refractivity contribution in [3.05, 3.63) is 52.8 Å². The molecule has 1 aromatic carbocycles. The fourth-order valence-corrected chi connectivity index (χ4v) is 3.23. The maximum atomic E-state index is 12.3. The number of hydrogen-bond donors (Lipinski definition) is 3. The lowest BCUT2D eigenvalue weighted by molar-refractivity contribution is -0.137. The van der Waals surface area contributed by atoms with E-state index in [1.54, 1.807) is 36.0 Å². The van der Waals surface area contributed by atoms with Crippen molar-refractivity contribution in [3.63, 3.8) is 0 Å². The lowest BCUT2D eigenvalue weighted by Gasteiger charge is -2.26. The van der Waals surface area contributed by atoms with Crippen molar-refractivity contribution >= 4 is 23.2 Å². The van der Waals surface area contributed by atoms with E-state index in [0.717, 1.165) is 5.69 Å². The normalized spacial score (nSPS) is 20.4. The second kappa shape index (κ2) is 7.57. The van der Waals surface area contributed by atoms with E-state index >= 15 is 0 Å². The minimum absolute atomic E-state index is 0.0439. The molecule has 0 aliphatic carbocycles. The molecule has 0 bridgehead atoms. The molecule has 8 heteroatoms. The Morgan fingerprint density at radius 3 is 3.04 bits per heavy atom. The maximum absolute atomic E-state index is 12.3. The van der Waals surface area contributed by atoms with Crippen LogP contribution < -0.4 is 5.32 Å². The number of aromatic nitrogens is 3. The van der Waals surface area contributed by atoms with Gasteiger partial charge < -0.3 is 15.5 Å². The van der Waals surface area contributed by atoms with Crippen molar-refractivity contribution < 1.29 is 15.0 Å². The number of hydrogen-bond acceptors (Lipinski definition) is 5. The van der Waals surface area contributed by atoms with Gasteiger partial charge in [-0.2, -0.15) is 0 Å². The fourth-order valence-electron chi connectivity index (χ4n) is 3.06. The number of anilines is 1. The molecule has 3 rings (SSSR count). The first-order chi connectivity index (χ1) is 12.4. The summed E-state index contributed by atoms with van der Waals surface area (Å²) in [5.41, 5.74) is 0.187. The molecule has 2 aromatic rings. The SMILES string of the molecule is C[C@@H](/C=C/CCn1cc(CCO)nn1)[C@]1(O)C(=O)Nc2ccc(Cl)cc21. The van der Waals surface area contributed by atoms with Gasteiger partial charge in [-0.1, -0.05) is 35.9 Å². The molecule has 0 saturated heterocycles. The minimum Gasteiger partial charge on any atom is -0.396 e. The van der Waals surface area contributed by atoms with Gasteiger partial charge in [0.1, 0.15) is 0 Å². The number of nitrogens with one attached hydrogen (secondary N) is 1. The highest BCUT2D eigenvalue weighted by Gasteiger charge is 2.48. The van der Waals surface area contributed by atoms with E-state index in [1.165, 1.54) is 0 Å². The summed E-state index contributed by atoms with van der Waals surface area (Å²) in [4.78, 5) is 12.3. The van der Waals surface area contributed by atoms with Gasteiger partial charge in [-0.3, -0.25) is 9.48 Å². The number of benzene rings is 1. The Labute approximate surface area is 156 Å². The first-order valence-electron chi connectivity index (χ1n) is 8.45. The first-order valence-corrected chi connectivity index (χ1v) is 8.83. The van der Waals surface area contributed by atoms with Crippen molar-refractivity contribution in [2.75, 3.05) is 11.9 Å². The predicted octanol–water partition coefficient (Wildman–Crippen LogP) is 1.89. The lowest BCUT2D eigenvalue weighted by Crippen LogP contribution is -2.39. The zero-order chi connectivity index (χ0) is 18.7. The van der Waals surface area contributed by atoms with Crippen LogP contribution in [0.5, 0.6) is 0 Å². The molecule has 0 unspecified atom stereocenters. The Bertz CT molecular complexity index is 836. The van der Waals surface area contributed by atoms with Crippen LogP contribution in [-0.4, -0.2) is 37.7 Å². The summed E-state index contributed by atoms with van der Waals surface area (Å²) in [5.74, 6) is -0.875. The van der Waals surface area contributed by atoms with E-state index in [9.17, 15) is 9.90 Å². The quantitative estimate of drug-likeness (QED) is 0.641. The van der Waals surface area contributed by atoms with E-state index in [-0.39, 0.29) is 6.61 Å². The van der Waals surface area contributed by atoms with E-state index < -0.39 is 17.4 Å². The maximum Gasteiger partial charge on any atom is 0.261 e. The first kappa shape index (κ1) is 18.6. The van der Waals surface area contributed by atoms with Crippen molar-refractivity contribution in [2.24, 2.45) is 5.92 Å². The molecule has 0 fully saturated rings. The summed E-state index contributed by atoms with van der Waals surface area (Å²) in [6.07, 6.45) is 6.68. The van der Waals surface area contributed by atoms with E-state index in [4.69, 9.17) is 16.7 Å². The smallest absolute Gasteiger partial charge is 0.261 e. The Balaban J connectivity index is 1.65. The molecule has 1 amide bonds. The third-order valence-corrected chi connectivity index (χ3v) is 4.78. The van der Waals surface area contributed by atoms with Gasteiger partial charge in [-0.05, 0) is 24.6 Å². The number of allylic oxidation sites excluding steroid dienone is 1. The Morgan fingerprint density at radius 1 is 1.46 bits per heavy atom. The van der Waals surface area contributed by atoms with Crippen LogP contribution in [0.1, 0.15) is 24.6 Å². The van der Waals surface area contributed by atoms with Crippen LogP contribution in [-0.2, 0) is 23.4 Å². The molecule has 2 heterocycles. The number of nitrogens with zero attached hydrogens (tertiary/aromatic N) is 3. The number of amides is 1. The van der Waals surface area contributed by atoms with Gasteiger partial charge >= 0.3 is 0 Å². The van der Waals surface area contributed by atoms with Gasteiger partial charge in [-0.25, -0.2) is 0 Å². The zero-order valence-electron chi connectivity index (χ0n) is 14.4. The number of halogens is 1. The second-order valence-electron chi connectivity index (χ2n) is 6.36. The molecule has 7 nitrogen and oxygen atoms in total. The standard InChI is InChI=1S/C18H21ClN4O3/c1-12(4-2-3-8-23-11-14(7-9-24)21-22-23)18(26)15-10-13(19)5-6-16(15)20-17(18)25/h2,4-6,10-12,24,26H,3,7-9H2,1H3,(H,20,25)/b4-2+/t12-,18+/m0/s1. The predicted molar refractivity (Wildman–Crippen MR) is 97.7 cm³/mol. The number of fused-ring (bicyclic) bond motifs is 1. The largest absolute Gasteiger partial charge is 0.396 e. The molecular formula is C18H21ClN4O3. The van der Waals surface area contributed by atoms with Crippen LogP contribution in [0.3, 0.4) is 0 Å². The molecule has 0 saturated carbocycles. The Hall–Kier alpha value is -2.22. The van der Waals surface area contributed by atoms with Crippen molar-refractivity contribution in [3.8, 4) is 0 Å². The van der Waals surface area contributed by atoms with Crippen LogP contribution in [0.25, 0.3) is 0 Å². The Morgan fingerprint density at radius 2 is 2.27 bits per heavy atom. The monoisotopic (exact) mass is 376 g/mol.